The molecule has 0 spiro atoms. The third-order valence-corrected chi connectivity index (χ3v) is 4.97. The first-order valence-corrected chi connectivity index (χ1v) is 9.90. The molecule has 3 N–H and O–H groups in total. The number of thiazole rings is 1. The van der Waals surface area contributed by atoms with Gasteiger partial charge in [0.25, 0.3) is 17.2 Å². The van der Waals surface area contributed by atoms with E-state index in [0.717, 1.165) is 22.2 Å². The molecule has 2 aromatic carbocycles. The zero-order valence-electron chi connectivity index (χ0n) is 12.9. The van der Waals surface area contributed by atoms with Gasteiger partial charge in [0.2, 0.25) is 0 Å². The number of carbonyl (C=O) groups excluding carboxylic acids is 1. The largest absolute Gasteiger partial charge is 0.298 e. The van der Waals surface area contributed by atoms with Gasteiger partial charge in [0.1, 0.15) is 5.82 Å². The minimum Gasteiger partial charge on any atom is -0.298 e. The fourth-order valence-corrected chi connectivity index (χ4v) is 3.48. The molecule has 10 heteroatoms. The number of hydrogen-bond acceptors (Lipinski definition) is 4. The van der Waals surface area contributed by atoms with E-state index in [2.05, 4.69) is 31.0 Å². The first-order chi connectivity index (χ1) is 12.4. The molecule has 0 saturated carbocycles. The van der Waals surface area contributed by atoms with Crippen molar-refractivity contribution in [1.29, 1.82) is 0 Å². The average Bonchev–Trinajstić information content (AvgIpc) is 3.03. The maximum atomic E-state index is 13.3. The van der Waals surface area contributed by atoms with Crippen LogP contribution in [0.2, 0.25) is 0 Å². The van der Waals surface area contributed by atoms with E-state index in [9.17, 15) is 13.4 Å². The van der Waals surface area contributed by atoms with Gasteiger partial charge in [-0.05, 0) is 30.3 Å². The van der Waals surface area contributed by atoms with Gasteiger partial charge in [-0.25, -0.2) is 13.6 Å². The van der Waals surface area contributed by atoms with Crippen LogP contribution in [0.15, 0.2) is 52.3 Å². The molecule has 26 heavy (non-hydrogen) atoms. The summed E-state index contributed by atoms with van der Waals surface area (Å²) in [4.78, 5) is 16.8. The standard InChI is InChI=1S/C16H11BrFN3O3S2/c17-10-3-1-9(2-4-10)14-8-25-16(19-14)20-15(22)12-6-5-11(18)7-13(12)21-26(23)24/h1-8,21H,(H,23,24)(H,19,20,22). The molecule has 3 rings (SSSR count). The molecule has 3 aromatic rings. The Labute approximate surface area is 163 Å². The summed E-state index contributed by atoms with van der Waals surface area (Å²) in [6, 6.07) is 10.8. The van der Waals surface area contributed by atoms with E-state index in [0.29, 0.717) is 10.8 Å². The number of hydrogen-bond donors (Lipinski definition) is 3. The van der Waals surface area contributed by atoms with Crippen molar-refractivity contribution in [2.24, 2.45) is 0 Å². The number of halogens is 2. The first kappa shape index (κ1) is 18.6. The Hall–Kier alpha value is -2.14. The van der Waals surface area contributed by atoms with Crippen LogP contribution in [-0.2, 0) is 11.3 Å². The zero-order valence-corrected chi connectivity index (χ0v) is 16.1. The van der Waals surface area contributed by atoms with Crippen molar-refractivity contribution in [2.45, 2.75) is 0 Å². The SMILES string of the molecule is O=C(Nc1nc(-c2ccc(Br)cc2)cs1)c1ccc(F)cc1NS(=O)O. The maximum Gasteiger partial charge on any atom is 0.259 e. The second kappa shape index (κ2) is 8.04. The van der Waals surface area contributed by atoms with Gasteiger partial charge in [-0.2, -0.15) is 0 Å². The van der Waals surface area contributed by atoms with Crippen LogP contribution in [0.3, 0.4) is 0 Å². The first-order valence-electron chi connectivity index (χ1n) is 7.12. The normalized spacial score (nSPS) is 11.8. The topological polar surface area (TPSA) is 91.3 Å². The van der Waals surface area contributed by atoms with Crippen molar-refractivity contribution in [3.63, 3.8) is 0 Å². The number of aromatic nitrogens is 1. The van der Waals surface area contributed by atoms with Crippen LogP contribution in [0.25, 0.3) is 11.3 Å². The maximum absolute atomic E-state index is 13.3. The van der Waals surface area contributed by atoms with Gasteiger partial charge < -0.3 is 0 Å². The molecule has 0 aliphatic heterocycles. The fourth-order valence-electron chi connectivity index (χ4n) is 2.14. The Kier molecular flexibility index (Phi) is 5.77. The second-order valence-corrected chi connectivity index (χ2v) is 7.52. The third-order valence-electron chi connectivity index (χ3n) is 3.29. The van der Waals surface area contributed by atoms with E-state index in [1.807, 2.05) is 24.3 Å². The van der Waals surface area contributed by atoms with E-state index in [1.54, 1.807) is 5.38 Å². The summed E-state index contributed by atoms with van der Waals surface area (Å²) in [7, 11) is 0. The Morgan fingerprint density at radius 3 is 2.65 bits per heavy atom. The van der Waals surface area contributed by atoms with Crippen molar-refractivity contribution < 1.29 is 17.9 Å². The second-order valence-electron chi connectivity index (χ2n) is 5.04. The number of amides is 1. The molecule has 0 radical (unpaired) electrons. The molecule has 1 atom stereocenters. The van der Waals surface area contributed by atoms with Crippen molar-refractivity contribution in [3.8, 4) is 11.3 Å². The molecule has 1 aromatic heterocycles. The van der Waals surface area contributed by atoms with Crippen LogP contribution in [0.5, 0.6) is 0 Å². The monoisotopic (exact) mass is 455 g/mol. The van der Waals surface area contributed by atoms with E-state index < -0.39 is 23.0 Å². The van der Waals surface area contributed by atoms with Gasteiger partial charge in [0, 0.05) is 15.4 Å². The van der Waals surface area contributed by atoms with Crippen molar-refractivity contribution in [2.75, 3.05) is 10.0 Å². The summed E-state index contributed by atoms with van der Waals surface area (Å²) in [5, 5.41) is 4.76. The van der Waals surface area contributed by atoms with E-state index in [4.69, 9.17) is 4.55 Å². The Morgan fingerprint density at radius 1 is 1.23 bits per heavy atom. The zero-order chi connectivity index (χ0) is 18.7. The number of nitrogens with one attached hydrogen (secondary N) is 2. The molecular weight excluding hydrogens is 445 g/mol. The average molecular weight is 456 g/mol. The fraction of sp³-hybridized carbons (Fsp3) is 0. The highest BCUT2D eigenvalue weighted by molar-refractivity contribution is 9.10. The van der Waals surface area contributed by atoms with E-state index >= 15 is 0 Å². The summed E-state index contributed by atoms with van der Waals surface area (Å²) in [6.07, 6.45) is 0. The van der Waals surface area contributed by atoms with Crippen LogP contribution in [0, 0.1) is 5.82 Å². The molecule has 1 heterocycles. The molecule has 0 bridgehead atoms. The number of anilines is 2. The number of rotatable bonds is 5. The van der Waals surface area contributed by atoms with Crippen molar-refractivity contribution >= 4 is 55.3 Å². The highest BCUT2D eigenvalue weighted by Crippen LogP contribution is 2.27. The molecule has 0 aliphatic rings. The van der Waals surface area contributed by atoms with Crippen molar-refractivity contribution in [1.82, 2.24) is 4.98 Å². The lowest BCUT2D eigenvalue weighted by Gasteiger charge is -2.09. The van der Waals surface area contributed by atoms with E-state index in [1.165, 1.54) is 17.4 Å². The van der Waals surface area contributed by atoms with Crippen LogP contribution >= 0.6 is 27.3 Å². The summed E-state index contributed by atoms with van der Waals surface area (Å²) in [5.41, 5.74) is 1.53. The summed E-state index contributed by atoms with van der Waals surface area (Å²) in [6.45, 7) is 0. The third kappa shape index (κ3) is 4.52. The smallest absolute Gasteiger partial charge is 0.259 e. The van der Waals surface area contributed by atoms with Crippen LogP contribution in [0.1, 0.15) is 10.4 Å². The van der Waals surface area contributed by atoms with Gasteiger partial charge in [-0.15, -0.1) is 11.3 Å². The van der Waals surface area contributed by atoms with Gasteiger partial charge in [0.05, 0.1) is 16.9 Å². The predicted molar refractivity (Wildman–Crippen MR) is 104 cm³/mol. The highest BCUT2D eigenvalue weighted by atomic mass is 79.9. The minimum atomic E-state index is -2.43. The van der Waals surface area contributed by atoms with E-state index in [-0.39, 0.29) is 11.3 Å². The summed E-state index contributed by atoms with van der Waals surface area (Å²) >= 11 is 2.17. The Bertz CT molecular complexity index is 979. The lowest BCUT2D eigenvalue weighted by molar-refractivity contribution is 0.102. The van der Waals surface area contributed by atoms with Crippen molar-refractivity contribution in [3.05, 3.63) is 63.7 Å². The molecule has 0 fully saturated rings. The molecule has 0 saturated heterocycles. The number of carbonyl (C=O) groups is 1. The molecular formula is C16H11BrFN3O3S2. The quantitative estimate of drug-likeness (QED) is 0.493. The lowest BCUT2D eigenvalue weighted by atomic mass is 10.1. The van der Waals surface area contributed by atoms with Gasteiger partial charge >= 0.3 is 0 Å². The molecule has 1 unspecified atom stereocenters. The molecule has 134 valence electrons. The Balaban J connectivity index is 1.81. The van der Waals surface area contributed by atoms with Crippen LogP contribution in [0.4, 0.5) is 15.2 Å². The van der Waals surface area contributed by atoms with Gasteiger partial charge in [-0.1, -0.05) is 28.1 Å². The highest BCUT2D eigenvalue weighted by Gasteiger charge is 2.16. The summed E-state index contributed by atoms with van der Waals surface area (Å²) < 4.78 is 36.3. The molecule has 1 amide bonds. The van der Waals surface area contributed by atoms with Gasteiger partial charge in [-0.3, -0.25) is 19.4 Å². The minimum absolute atomic E-state index is 0.0224. The Morgan fingerprint density at radius 2 is 1.96 bits per heavy atom. The number of benzene rings is 2. The van der Waals surface area contributed by atoms with Crippen LogP contribution < -0.4 is 10.0 Å². The lowest BCUT2D eigenvalue weighted by Crippen LogP contribution is -2.15. The molecule has 6 nitrogen and oxygen atoms in total. The number of nitrogens with zero attached hydrogens (tertiary/aromatic N) is 1. The molecule has 0 aliphatic carbocycles. The predicted octanol–water partition coefficient (Wildman–Crippen LogP) is 4.51. The van der Waals surface area contributed by atoms with Crippen LogP contribution in [-0.4, -0.2) is 19.7 Å². The summed E-state index contributed by atoms with van der Waals surface area (Å²) in [5.74, 6) is -1.21. The van der Waals surface area contributed by atoms with Gasteiger partial charge in [0.15, 0.2) is 5.13 Å².